The number of nitrogens with one attached hydrogen (secondary N) is 2. The van der Waals surface area contributed by atoms with Crippen LogP contribution < -0.4 is 15.5 Å². The van der Waals surface area contributed by atoms with Crippen LogP contribution in [0, 0.1) is 0 Å². The summed E-state index contributed by atoms with van der Waals surface area (Å²) >= 11 is 11.9. The standard InChI is InChI=1S/C12H14Cl2N6/c1-15-10-17-11(19-12(18-10)20(2)3)16-7-4-5-8(13)9(14)6-7/h4-6H,1-3H3,(H2,15,16,17,18,19). The molecule has 0 bridgehead atoms. The van der Waals surface area contributed by atoms with Crippen LogP contribution in [-0.2, 0) is 0 Å². The number of hydrogen-bond donors (Lipinski definition) is 2. The lowest BCUT2D eigenvalue weighted by atomic mass is 10.3. The van der Waals surface area contributed by atoms with Crippen LogP contribution in [0.5, 0.6) is 0 Å². The highest BCUT2D eigenvalue weighted by Crippen LogP contribution is 2.26. The van der Waals surface area contributed by atoms with Gasteiger partial charge in [0.05, 0.1) is 10.0 Å². The van der Waals surface area contributed by atoms with Crippen LogP contribution in [0.1, 0.15) is 0 Å². The topological polar surface area (TPSA) is 66.0 Å². The molecule has 0 aliphatic heterocycles. The number of halogens is 2. The lowest BCUT2D eigenvalue weighted by Crippen LogP contribution is -2.15. The summed E-state index contributed by atoms with van der Waals surface area (Å²) in [6.45, 7) is 0. The van der Waals surface area contributed by atoms with Crippen molar-refractivity contribution in [3.63, 3.8) is 0 Å². The number of nitrogens with zero attached hydrogens (tertiary/aromatic N) is 4. The van der Waals surface area contributed by atoms with Crippen molar-refractivity contribution in [1.29, 1.82) is 0 Å². The van der Waals surface area contributed by atoms with Crippen LogP contribution in [0.15, 0.2) is 18.2 Å². The Morgan fingerprint density at radius 2 is 1.70 bits per heavy atom. The molecule has 0 unspecified atom stereocenters. The van der Waals surface area contributed by atoms with Crippen molar-refractivity contribution in [2.75, 3.05) is 36.7 Å². The van der Waals surface area contributed by atoms with Crippen molar-refractivity contribution < 1.29 is 0 Å². The van der Waals surface area contributed by atoms with Gasteiger partial charge in [0.2, 0.25) is 17.8 Å². The summed E-state index contributed by atoms with van der Waals surface area (Å²) in [5, 5.41) is 6.93. The van der Waals surface area contributed by atoms with Crippen LogP contribution in [-0.4, -0.2) is 36.1 Å². The first-order valence-corrected chi connectivity index (χ1v) is 6.58. The monoisotopic (exact) mass is 312 g/mol. The molecule has 2 rings (SSSR count). The summed E-state index contributed by atoms with van der Waals surface area (Å²) < 4.78 is 0. The second-order valence-electron chi connectivity index (χ2n) is 4.18. The van der Waals surface area contributed by atoms with Gasteiger partial charge in [-0.1, -0.05) is 23.2 Å². The molecule has 0 amide bonds. The van der Waals surface area contributed by atoms with Crippen LogP contribution in [0.4, 0.5) is 23.5 Å². The maximum atomic E-state index is 5.97. The van der Waals surface area contributed by atoms with Crippen LogP contribution >= 0.6 is 23.2 Å². The average Bonchev–Trinajstić information content (AvgIpc) is 2.42. The van der Waals surface area contributed by atoms with Gasteiger partial charge in [0.15, 0.2) is 0 Å². The van der Waals surface area contributed by atoms with Crippen molar-refractivity contribution in [2.45, 2.75) is 0 Å². The SMILES string of the molecule is CNc1nc(Nc2ccc(Cl)c(Cl)c2)nc(N(C)C)n1. The lowest BCUT2D eigenvalue weighted by molar-refractivity contribution is 0.963. The van der Waals surface area contributed by atoms with Crippen molar-refractivity contribution in [3.05, 3.63) is 28.2 Å². The third-order valence-corrected chi connectivity index (χ3v) is 3.16. The normalized spacial score (nSPS) is 10.2. The molecular formula is C12H14Cl2N6. The second kappa shape index (κ2) is 6.11. The molecule has 20 heavy (non-hydrogen) atoms. The van der Waals surface area contributed by atoms with Gasteiger partial charge >= 0.3 is 0 Å². The van der Waals surface area contributed by atoms with E-state index in [1.54, 1.807) is 30.1 Å². The molecule has 0 aliphatic carbocycles. The summed E-state index contributed by atoms with van der Waals surface area (Å²) in [6.07, 6.45) is 0. The minimum atomic E-state index is 0.423. The van der Waals surface area contributed by atoms with E-state index in [1.807, 2.05) is 14.1 Å². The molecule has 0 atom stereocenters. The number of aromatic nitrogens is 3. The summed E-state index contributed by atoms with van der Waals surface area (Å²) in [4.78, 5) is 14.6. The van der Waals surface area contributed by atoms with E-state index < -0.39 is 0 Å². The van der Waals surface area contributed by atoms with E-state index in [0.717, 1.165) is 5.69 Å². The third-order valence-electron chi connectivity index (χ3n) is 2.42. The molecule has 1 aromatic carbocycles. The van der Waals surface area contributed by atoms with E-state index in [-0.39, 0.29) is 0 Å². The van der Waals surface area contributed by atoms with Gasteiger partial charge in [-0.25, -0.2) is 0 Å². The molecule has 8 heteroatoms. The predicted molar refractivity (Wildman–Crippen MR) is 83.4 cm³/mol. The summed E-state index contributed by atoms with van der Waals surface area (Å²) in [5.74, 6) is 1.45. The predicted octanol–water partition coefficient (Wildman–Crippen LogP) is 3.03. The highest BCUT2D eigenvalue weighted by Gasteiger charge is 2.08. The quantitative estimate of drug-likeness (QED) is 0.904. The van der Waals surface area contributed by atoms with Crippen LogP contribution in [0.25, 0.3) is 0 Å². The largest absolute Gasteiger partial charge is 0.357 e. The Morgan fingerprint density at radius 1 is 1.00 bits per heavy atom. The molecular weight excluding hydrogens is 299 g/mol. The molecule has 106 valence electrons. The number of benzene rings is 1. The van der Waals surface area contributed by atoms with Crippen LogP contribution in [0.2, 0.25) is 10.0 Å². The summed E-state index contributed by atoms with van der Waals surface area (Å²) in [7, 11) is 5.47. The van der Waals surface area contributed by atoms with Gasteiger partial charge in [-0.2, -0.15) is 15.0 Å². The Balaban J connectivity index is 2.32. The van der Waals surface area contributed by atoms with Gasteiger partial charge in [-0.05, 0) is 18.2 Å². The van der Waals surface area contributed by atoms with Gasteiger partial charge in [0.25, 0.3) is 0 Å². The summed E-state index contributed by atoms with van der Waals surface area (Å²) in [5.41, 5.74) is 0.748. The molecule has 0 saturated heterocycles. The fraction of sp³-hybridized carbons (Fsp3) is 0.250. The van der Waals surface area contributed by atoms with E-state index in [9.17, 15) is 0 Å². The molecule has 2 N–H and O–H groups in total. The van der Waals surface area contributed by atoms with Crippen molar-refractivity contribution in [1.82, 2.24) is 15.0 Å². The van der Waals surface area contributed by atoms with E-state index in [1.165, 1.54) is 0 Å². The van der Waals surface area contributed by atoms with Gasteiger partial charge in [-0.3, -0.25) is 0 Å². The first kappa shape index (κ1) is 14.6. The van der Waals surface area contributed by atoms with Gasteiger partial charge in [-0.15, -0.1) is 0 Å². The number of rotatable bonds is 4. The zero-order chi connectivity index (χ0) is 14.7. The maximum absolute atomic E-state index is 5.97. The fourth-order valence-electron chi connectivity index (χ4n) is 1.44. The van der Waals surface area contributed by atoms with Gasteiger partial charge < -0.3 is 15.5 Å². The number of hydrogen-bond acceptors (Lipinski definition) is 6. The Bertz CT molecular complexity index is 617. The average molecular weight is 313 g/mol. The van der Waals surface area contributed by atoms with Crippen molar-refractivity contribution in [2.24, 2.45) is 0 Å². The molecule has 1 heterocycles. The number of anilines is 4. The molecule has 0 spiro atoms. The molecule has 2 aromatic rings. The van der Waals surface area contributed by atoms with E-state index >= 15 is 0 Å². The Labute approximate surface area is 127 Å². The first-order chi connectivity index (χ1) is 9.49. The molecule has 1 aromatic heterocycles. The highest BCUT2D eigenvalue weighted by atomic mass is 35.5. The van der Waals surface area contributed by atoms with E-state index in [2.05, 4.69) is 25.6 Å². The Kier molecular flexibility index (Phi) is 4.46. The second-order valence-corrected chi connectivity index (χ2v) is 5.00. The zero-order valence-corrected chi connectivity index (χ0v) is 12.8. The van der Waals surface area contributed by atoms with E-state index in [0.29, 0.717) is 27.9 Å². The minimum Gasteiger partial charge on any atom is -0.357 e. The highest BCUT2D eigenvalue weighted by molar-refractivity contribution is 6.42. The Hall–Kier alpha value is -1.79. The minimum absolute atomic E-state index is 0.423. The van der Waals surface area contributed by atoms with E-state index in [4.69, 9.17) is 23.2 Å². The first-order valence-electron chi connectivity index (χ1n) is 5.83. The molecule has 6 nitrogen and oxygen atoms in total. The maximum Gasteiger partial charge on any atom is 0.233 e. The summed E-state index contributed by atoms with van der Waals surface area (Å²) in [6, 6.07) is 5.22. The fourth-order valence-corrected chi connectivity index (χ4v) is 1.73. The molecule has 0 radical (unpaired) electrons. The Morgan fingerprint density at radius 3 is 2.30 bits per heavy atom. The smallest absolute Gasteiger partial charge is 0.233 e. The van der Waals surface area contributed by atoms with Crippen LogP contribution in [0.3, 0.4) is 0 Å². The van der Waals surface area contributed by atoms with Gasteiger partial charge in [0, 0.05) is 26.8 Å². The molecule has 0 saturated carbocycles. The van der Waals surface area contributed by atoms with Gasteiger partial charge in [0.1, 0.15) is 0 Å². The molecule has 0 fully saturated rings. The molecule has 0 aliphatic rings. The van der Waals surface area contributed by atoms with Crippen molar-refractivity contribution >= 4 is 46.7 Å². The third kappa shape index (κ3) is 3.40. The zero-order valence-electron chi connectivity index (χ0n) is 11.3. The lowest BCUT2D eigenvalue weighted by Gasteiger charge is -2.13. The van der Waals surface area contributed by atoms with Crippen molar-refractivity contribution in [3.8, 4) is 0 Å².